The maximum absolute atomic E-state index is 2.17. The molecule has 0 amide bonds. The van der Waals surface area contributed by atoms with Crippen molar-refractivity contribution in [3.05, 3.63) is 0 Å². The first-order chi connectivity index (χ1) is 6.29. The van der Waals surface area contributed by atoms with Crippen LogP contribution in [-0.4, -0.2) is 50.1 Å². The van der Waals surface area contributed by atoms with Crippen molar-refractivity contribution in [1.29, 1.82) is 0 Å². The average molecular weight is 204 g/mol. The van der Waals surface area contributed by atoms with Crippen LogP contribution in [0.15, 0.2) is 0 Å². The van der Waals surface area contributed by atoms with Crippen molar-refractivity contribution in [3.8, 4) is 0 Å². The third kappa shape index (κ3) is 22.7. The van der Waals surface area contributed by atoms with Crippen molar-refractivity contribution in [2.45, 2.75) is 53.6 Å². The lowest BCUT2D eigenvalue weighted by Gasteiger charge is -2.12. The molecule has 2 nitrogen and oxygen atoms in total. The van der Waals surface area contributed by atoms with Gasteiger partial charge in [0.05, 0.1) is 0 Å². The van der Waals surface area contributed by atoms with Gasteiger partial charge < -0.3 is 9.80 Å². The molecule has 0 bridgehead atoms. The Hall–Kier alpha value is -0.0800. The number of hydrogen-bond acceptors (Lipinski definition) is 2. The smallest absolute Gasteiger partial charge is 0.00324 e. The maximum atomic E-state index is 2.17. The van der Waals surface area contributed by atoms with E-state index in [0.717, 1.165) is 0 Å². The second-order valence-corrected chi connectivity index (χ2v) is 4.11. The van der Waals surface area contributed by atoms with E-state index in [1.54, 1.807) is 0 Å². The van der Waals surface area contributed by atoms with E-state index >= 15 is 0 Å². The number of hydrogen-bond donors (Lipinski definition) is 0. The topological polar surface area (TPSA) is 6.48 Å². The minimum absolute atomic E-state index is 0.685. The Balaban J connectivity index is -0.000000147. The van der Waals surface area contributed by atoms with Gasteiger partial charge in [-0.2, -0.15) is 0 Å². The Morgan fingerprint density at radius 1 is 0.571 bits per heavy atom. The minimum atomic E-state index is 0.685. The Bertz CT molecular complexity index is 62.3. The van der Waals surface area contributed by atoms with Gasteiger partial charge >= 0.3 is 0 Å². The zero-order valence-corrected chi connectivity index (χ0v) is 12.0. The number of rotatable bonds is 2. The van der Waals surface area contributed by atoms with E-state index < -0.39 is 0 Å². The highest BCUT2D eigenvalue weighted by Gasteiger charge is 1.90. The molecule has 0 rings (SSSR count). The normalized spacial score (nSPS) is 9.86. The van der Waals surface area contributed by atoms with Gasteiger partial charge in [-0.15, -0.1) is 0 Å². The SMILES string of the molecule is CC.CC(C)N(C)C.CC(C)N(C)C. The second-order valence-electron chi connectivity index (χ2n) is 4.11. The molecule has 0 N–H and O–H groups in total. The molecule has 0 unspecified atom stereocenters. The van der Waals surface area contributed by atoms with Gasteiger partial charge in [0.25, 0.3) is 0 Å². The summed E-state index contributed by atoms with van der Waals surface area (Å²) in [6.07, 6.45) is 0. The molecule has 0 aliphatic rings. The van der Waals surface area contributed by atoms with E-state index in [1.807, 2.05) is 13.8 Å². The van der Waals surface area contributed by atoms with E-state index in [2.05, 4.69) is 65.7 Å². The van der Waals surface area contributed by atoms with E-state index in [9.17, 15) is 0 Å². The summed E-state index contributed by atoms with van der Waals surface area (Å²) in [5.41, 5.74) is 0. The molecule has 0 aliphatic carbocycles. The van der Waals surface area contributed by atoms with Gasteiger partial charge in [0.2, 0.25) is 0 Å². The average Bonchev–Trinajstić information content (AvgIpc) is 2.08. The first-order valence-corrected chi connectivity index (χ1v) is 5.61. The van der Waals surface area contributed by atoms with Gasteiger partial charge in [-0.25, -0.2) is 0 Å². The van der Waals surface area contributed by atoms with Crippen LogP contribution >= 0.6 is 0 Å². The van der Waals surface area contributed by atoms with Crippen LogP contribution < -0.4 is 0 Å². The fraction of sp³-hybridized carbons (Fsp3) is 1.00. The molecule has 0 aromatic carbocycles. The molecule has 0 aromatic heterocycles. The lowest BCUT2D eigenvalue weighted by molar-refractivity contribution is 0.335. The summed E-state index contributed by atoms with van der Waals surface area (Å²) in [7, 11) is 8.30. The van der Waals surface area contributed by atoms with Crippen LogP contribution in [0.3, 0.4) is 0 Å². The third-order valence-electron chi connectivity index (χ3n) is 2.07. The first kappa shape index (κ1) is 19.5. The largest absolute Gasteiger partial charge is 0.307 e. The van der Waals surface area contributed by atoms with Crippen LogP contribution in [0.2, 0.25) is 0 Å². The van der Waals surface area contributed by atoms with E-state index in [0.29, 0.717) is 12.1 Å². The van der Waals surface area contributed by atoms with Gasteiger partial charge in [0.15, 0.2) is 0 Å². The molecule has 0 fully saturated rings. The molecule has 0 aliphatic heterocycles. The minimum Gasteiger partial charge on any atom is -0.307 e. The lowest BCUT2D eigenvalue weighted by atomic mass is 10.4. The molecule has 0 saturated carbocycles. The molecule has 0 radical (unpaired) electrons. The summed E-state index contributed by atoms with van der Waals surface area (Å²) >= 11 is 0. The van der Waals surface area contributed by atoms with E-state index in [4.69, 9.17) is 0 Å². The van der Waals surface area contributed by atoms with Crippen LogP contribution in [0, 0.1) is 0 Å². The van der Waals surface area contributed by atoms with Gasteiger partial charge in [-0.05, 0) is 55.9 Å². The fourth-order valence-corrected chi connectivity index (χ4v) is 0. The zero-order chi connectivity index (χ0) is 12.3. The second kappa shape index (κ2) is 12.9. The Morgan fingerprint density at radius 3 is 0.643 bits per heavy atom. The Labute approximate surface area is 92.3 Å². The first-order valence-electron chi connectivity index (χ1n) is 5.61. The molecule has 0 saturated heterocycles. The van der Waals surface area contributed by atoms with Crippen LogP contribution in [0.1, 0.15) is 41.5 Å². The molecule has 0 aromatic rings. The summed E-state index contributed by atoms with van der Waals surface area (Å²) in [5, 5.41) is 0. The lowest BCUT2D eigenvalue weighted by Crippen LogP contribution is -2.20. The Kier molecular flexibility index (Phi) is 18.0. The molecule has 0 heterocycles. The van der Waals surface area contributed by atoms with Crippen LogP contribution in [0.25, 0.3) is 0 Å². The number of nitrogens with zero attached hydrogens (tertiary/aromatic N) is 2. The van der Waals surface area contributed by atoms with Gasteiger partial charge in [0, 0.05) is 12.1 Å². The summed E-state index contributed by atoms with van der Waals surface area (Å²) in [4.78, 5) is 4.33. The van der Waals surface area contributed by atoms with Crippen molar-refractivity contribution in [1.82, 2.24) is 9.80 Å². The van der Waals surface area contributed by atoms with Crippen molar-refractivity contribution >= 4 is 0 Å². The third-order valence-corrected chi connectivity index (χ3v) is 2.07. The van der Waals surface area contributed by atoms with Crippen molar-refractivity contribution in [2.24, 2.45) is 0 Å². The monoisotopic (exact) mass is 204 g/mol. The van der Waals surface area contributed by atoms with Gasteiger partial charge in [-0.3, -0.25) is 0 Å². The maximum Gasteiger partial charge on any atom is 0.00324 e. The Morgan fingerprint density at radius 2 is 0.643 bits per heavy atom. The molecule has 90 valence electrons. The highest BCUT2D eigenvalue weighted by molar-refractivity contribution is 4.46. The molecular formula is C12H32N2. The molecule has 0 spiro atoms. The molecule has 14 heavy (non-hydrogen) atoms. The summed E-state index contributed by atoms with van der Waals surface area (Å²) < 4.78 is 0. The van der Waals surface area contributed by atoms with Gasteiger partial charge in [0.1, 0.15) is 0 Å². The quantitative estimate of drug-likeness (QED) is 0.682. The highest BCUT2D eigenvalue weighted by Crippen LogP contribution is 1.84. The summed E-state index contributed by atoms with van der Waals surface area (Å²) in [6.45, 7) is 12.7. The standard InChI is InChI=1S/2C5H13N.C2H6/c2*1-5(2)6(3)4;1-2/h2*5H,1-4H3;1-2H3. The van der Waals surface area contributed by atoms with Crippen molar-refractivity contribution in [3.63, 3.8) is 0 Å². The van der Waals surface area contributed by atoms with E-state index in [-0.39, 0.29) is 0 Å². The van der Waals surface area contributed by atoms with Crippen molar-refractivity contribution < 1.29 is 0 Å². The highest BCUT2D eigenvalue weighted by atomic mass is 15.1. The van der Waals surface area contributed by atoms with Crippen LogP contribution in [-0.2, 0) is 0 Å². The van der Waals surface area contributed by atoms with Crippen LogP contribution in [0.4, 0.5) is 0 Å². The zero-order valence-electron chi connectivity index (χ0n) is 12.0. The fourth-order valence-electron chi connectivity index (χ4n) is 0. The van der Waals surface area contributed by atoms with E-state index in [1.165, 1.54) is 0 Å². The summed E-state index contributed by atoms with van der Waals surface area (Å²) in [5.74, 6) is 0. The predicted molar refractivity (Wildman–Crippen MR) is 69.0 cm³/mol. The molecular weight excluding hydrogens is 172 g/mol. The molecule has 0 atom stereocenters. The van der Waals surface area contributed by atoms with Gasteiger partial charge in [-0.1, -0.05) is 13.8 Å². The van der Waals surface area contributed by atoms with Crippen LogP contribution in [0.5, 0.6) is 0 Å². The summed E-state index contributed by atoms with van der Waals surface area (Å²) in [6, 6.07) is 1.37. The van der Waals surface area contributed by atoms with Crippen molar-refractivity contribution in [2.75, 3.05) is 28.2 Å². The predicted octanol–water partition coefficient (Wildman–Crippen LogP) is 2.94. The molecule has 2 heteroatoms.